The van der Waals surface area contributed by atoms with E-state index in [4.69, 9.17) is 14.6 Å². The number of rotatable bonds is 2. The first-order valence-electron chi connectivity index (χ1n) is 7.37. The predicted octanol–water partition coefficient (Wildman–Crippen LogP) is 4.04. The van der Waals surface area contributed by atoms with Crippen molar-refractivity contribution in [3.8, 4) is 11.5 Å². The van der Waals surface area contributed by atoms with Crippen LogP contribution in [0.3, 0.4) is 0 Å². The first kappa shape index (κ1) is 13.6. The quantitative estimate of drug-likeness (QED) is 0.839. The van der Waals surface area contributed by atoms with Gasteiger partial charge in [-0.15, -0.1) is 11.3 Å². The van der Waals surface area contributed by atoms with E-state index in [-0.39, 0.29) is 6.04 Å². The summed E-state index contributed by atoms with van der Waals surface area (Å²) in [5.74, 6) is 1.63. The van der Waals surface area contributed by atoms with Gasteiger partial charge in [-0.3, -0.25) is 0 Å². The average molecular weight is 314 g/mol. The lowest BCUT2D eigenvalue weighted by Crippen LogP contribution is -2.48. The number of hydrogen-bond acceptors (Lipinski definition) is 5. The zero-order chi connectivity index (χ0) is 15.3. The molecule has 4 nitrogen and oxygen atoms in total. The maximum Gasteiger partial charge on any atom is 0.192 e. The van der Waals surface area contributed by atoms with E-state index >= 15 is 0 Å². The molecule has 0 saturated heterocycles. The molecule has 114 valence electrons. The summed E-state index contributed by atoms with van der Waals surface area (Å²) in [6.45, 7) is 4.10. The van der Waals surface area contributed by atoms with Crippen LogP contribution in [0.1, 0.15) is 36.8 Å². The molecule has 0 spiro atoms. The second-order valence-electron chi connectivity index (χ2n) is 6.02. The molecule has 1 aromatic heterocycles. The predicted molar refractivity (Wildman–Crippen MR) is 87.8 cm³/mol. The molecule has 5 heteroatoms. The van der Waals surface area contributed by atoms with Crippen molar-refractivity contribution in [1.29, 1.82) is 0 Å². The van der Waals surface area contributed by atoms with E-state index < -0.39 is 5.72 Å². The lowest BCUT2D eigenvalue weighted by molar-refractivity contribution is -0.0924. The van der Waals surface area contributed by atoms with Crippen LogP contribution in [0.5, 0.6) is 11.5 Å². The Morgan fingerprint density at radius 1 is 1.32 bits per heavy atom. The molecule has 4 rings (SSSR count). The van der Waals surface area contributed by atoms with Gasteiger partial charge in [-0.2, -0.15) is 5.10 Å². The molecule has 0 bridgehead atoms. The fourth-order valence-corrected chi connectivity index (χ4v) is 3.92. The molecule has 1 atom stereocenters. The van der Waals surface area contributed by atoms with Gasteiger partial charge >= 0.3 is 0 Å². The summed E-state index contributed by atoms with van der Waals surface area (Å²) in [6, 6.07) is 10.5. The number of nitrogens with zero attached hydrogens (tertiary/aromatic N) is 2. The van der Waals surface area contributed by atoms with Crippen LogP contribution < -0.4 is 9.47 Å². The van der Waals surface area contributed by atoms with E-state index in [1.165, 1.54) is 4.88 Å². The van der Waals surface area contributed by atoms with Crippen molar-refractivity contribution in [3.63, 3.8) is 0 Å². The molecule has 2 aliphatic heterocycles. The van der Waals surface area contributed by atoms with Crippen molar-refractivity contribution in [2.24, 2.45) is 5.10 Å². The number of hydrazone groups is 1. The second kappa shape index (κ2) is 4.74. The lowest BCUT2D eigenvalue weighted by atomic mass is 9.96. The molecule has 3 heterocycles. The van der Waals surface area contributed by atoms with Crippen LogP contribution in [0.25, 0.3) is 0 Å². The molecule has 0 radical (unpaired) electrons. The third-order valence-electron chi connectivity index (χ3n) is 4.21. The van der Waals surface area contributed by atoms with Gasteiger partial charge in [0, 0.05) is 12.0 Å². The SMILES string of the molecule is COc1cccc2c1OC(C)(C)N1N=C(c3cccs3)C[C@H]21. The van der Waals surface area contributed by atoms with Crippen LogP contribution in [-0.4, -0.2) is 23.6 Å². The van der Waals surface area contributed by atoms with Crippen LogP contribution in [0, 0.1) is 0 Å². The minimum absolute atomic E-state index is 0.200. The van der Waals surface area contributed by atoms with Gasteiger partial charge in [-0.05, 0) is 31.4 Å². The van der Waals surface area contributed by atoms with Crippen LogP contribution in [-0.2, 0) is 0 Å². The highest BCUT2D eigenvalue weighted by molar-refractivity contribution is 7.12. The van der Waals surface area contributed by atoms with Gasteiger partial charge in [0.25, 0.3) is 0 Å². The minimum Gasteiger partial charge on any atom is -0.493 e. The second-order valence-corrected chi connectivity index (χ2v) is 6.96. The standard InChI is InChI=1S/C17H18N2O2S/c1-17(2)19-13(10-12(18-19)15-8-5-9-22-15)11-6-4-7-14(20-3)16(11)21-17/h4-9,13H,10H2,1-3H3/t13-/m1/s1. The zero-order valence-electron chi connectivity index (χ0n) is 12.9. The van der Waals surface area contributed by atoms with E-state index in [9.17, 15) is 0 Å². The summed E-state index contributed by atoms with van der Waals surface area (Å²) in [4.78, 5) is 1.23. The van der Waals surface area contributed by atoms with Gasteiger partial charge in [0.2, 0.25) is 0 Å². The van der Waals surface area contributed by atoms with Crippen LogP contribution in [0.4, 0.5) is 0 Å². The zero-order valence-corrected chi connectivity index (χ0v) is 13.7. The first-order valence-corrected chi connectivity index (χ1v) is 8.25. The molecule has 0 N–H and O–H groups in total. The highest BCUT2D eigenvalue weighted by atomic mass is 32.1. The fourth-order valence-electron chi connectivity index (χ4n) is 3.20. The minimum atomic E-state index is -0.495. The summed E-state index contributed by atoms with van der Waals surface area (Å²) in [6.07, 6.45) is 0.896. The van der Waals surface area contributed by atoms with Crippen LogP contribution >= 0.6 is 11.3 Å². The van der Waals surface area contributed by atoms with Crippen molar-refractivity contribution in [3.05, 3.63) is 46.2 Å². The number of para-hydroxylation sites is 1. The summed E-state index contributed by atoms with van der Waals surface area (Å²) >= 11 is 1.73. The molecule has 0 unspecified atom stereocenters. The number of fused-ring (bicyclic) bond motifs is 3. The summed E-state index contributed by atoms with van der Waals surface area (Å²) in [7, 11) is 1.68. The molecular weight excluding hydrogens is 296 g/mol. The molecule has 0 aliphatic carbocycles. The van der Waals surface area contributed by atoms with E-state index in [1.54, 1.807) is 18.4 Å². The van der Waals surface area contributed by atoms with Crippen molar-refractivity contribution in [2.75, 3.05) is 7.11 Å². The van der Waals surface area contributed by atoms with Crippen molar-refractivity contribution in [2.45, 2.75) is 32.0 Å². The normalized spacial score (nSPS) is 21.7. The Morgan fingerprint density at radius 2 is 2.18 bits per heavy atom. The lowest BCUT2D eigenvalue weighted by Gasteiger charge is -2.43. The number of ether oxygens (including phenoxy) is 2. The van der Waals surface area contributed by atoms with Gasteiger partial charge in [-0.25, -0.2) is 5.01 Å². The Bertz CT molecular complexity index is 737. The Kier molecular flexibility index (Phi) is 2.94. The largest absolute Gasteiger partial charge is 0.493 e. The highest BCUT2D eigenvalue weighted by Crippen LogP contribution is 2.49. The van der Waals surface area contributed by atoms with Crippen molar-refractivity contribution < 1.29 is 9.47 Å². The Morgan fingerprint density at radius 3 is 2.91 bits per heavy atom. The Hall–Kier alpha value is -2.01. The van der Waals surface area contributed by atoms with E-state index in [0.717, 1.165) is 29.2 Å². The number of hydrogen-bond donors (Lipinski definition) is 0. The smallest absolute Gasteiger partial charge is 0.192 e. The molecule has 0 fully saturated rings. The molecular formula is C17H18N2O2S. The van der Waals surface area contributed by atoms with Gasteiger partial charge in [0.05, 0.1) is 23.7 Å². The molecule has 0 saturated carbocycles. The van der Waals surface area contributed by atoms with Gasteiger partial charge < -0.3 is 9.47 Å². The summed E-state index contributed by atoms with van der Waals surface area (Å²) in [5, 5.41) is 9.03. The van der Waals surface area contributed by atoms with Gasteiger partial charge in [0.1, 0.15) is 0 Å². The number of benzene rings is 1. The summed E-state index contributed by atoms with van der Waals surface area (Å²) in [5.41, 5.74) is 1.78. The molecule has 2 aliphatic rings. The third-order valence-corrected chi connectivity index (χ3v) is 5.13. The maximum atomic E-state index is 6.22. The Labute approximate surface area is 134 Å². The monoisotopic (exact) mass is 314 g/mol. The van der Waals surface area contributed by atoms with E-state index in [0.29, 0.717) is 0 Å². The average Bonchev–Trinajstić information content (AvgIpc) is 3.16. The van der Waals surface area contributed by atoms with Crippen molar-refractivity contribution in [1.82, 2.24) is 5.01 Å². The summed E-state index contributed by atoms with van der Waals surface area (Å²) < 4.78 is 11.7. The number of thiophene rings is 1. The van der Waals surface area contributed by atoms with Gasteiger partial charge in [-0.1, -0.05) is 18.2 Å². The molecule has 0 amide bonds. The topological polar surface area (TPSA) is 34.1 Å². The Balaban J connectivity index is 1.81. The molecule has 2 aromatic rings. The molecule has 22 heavy (non-hydrogen) atoms. The van der Waals surface area contributed by atoms with Gasteiger partial charge in [0.15, 0.2) is 17.2 Å². The molecule has 1 aromatic carbocycles. The van der Waals surface area contributed by atoms with E-state index in [2.05, 4.69) is 42.4 Å². The van der Waals surface area contributed by atoms with Crippen LogP contribution in [0.2, 0.25) is 0 Å². The van der Waals surface area contributed by atoms with Crippen LogP contribution in [0.15, 0.2) is 40.8 Å². The first-order chi connectivity index (χ1) is 10.6. The van der Waals surface area contributed by atoms with E-state index in [1.807, 2.05) is 12.1 Å². The number of methoxy groups -OCH3 is 1. The maximum absolute atomic E-state index is 6.22. The fraction of sp³-hybridized carbons (Fsp3) is 0.353. The third kappa shape index (κ3) is 1.92. The highest BCUT2D eigenvalue weighted by Gasteiger charge is 2.45. The van der Waals surface area contributed by atoms with Crippen molar-refractivity contribution >= 4 is 17.0 Å².